The van der Waals surface area contributed by atoms with E-state index in [1.807, 2.05) is 11.3 Å². The molecule has 1 aromatic heterocycles. The third kappa shape index (κ3) is 1.54. The van der Waals surface area contributed by atoms with Crippen LogP contribution in [0.15, 0.2) is 78.9 Å². The molecule has 0 saturated heterocycles. The zero-order valence-electron chi connectivity index (χ0n) is 13.5. The summed E-state index contributed by atoms with van der Waals surface area (Å²) in [6, 6.07) is 29.2. The molecule has 0 saturated carbocycles. The fraction of sp³-hybridized carbons (Fsp3) is 0.0435. The van der Waals surface area contributed by atoms with Crippen LogP contribution in [-0.2, 0) is 5.41 Å². The van der Waals surface area contributed by atoms with Crippen molar-refractivity contribution in [2.45, 2.75) is 5.41 Å². The molecule has 1 spiro atoms. The van der Waals surface area contributed by atoms with Crippen LogP contribution in [0.2, 0.25) is 0 Å². The molecule has 25 heavy (non-hydrogen) atoms. The van der Waals surface area contributed by atoms with E-state index in [1.165, 1.54) is 47.6 Å². The van der Waals surface area contributed by atoms with Gasteiger partial charge in [0.05, 0.1) is 5.41 Å². The standard InChI is InChI=1S/C23H13S.Al/c1-4-10-18-15(7-1)16-8-2-5-11-19(16)23(18)20-12-6-3-9-17(20)22-21(23)13-14-24-22;/h1-13H;. The Morgan fingerprint density at radius 2 is 1.08 bits per heavy atom. The minimum atomic E-state index is -0.162. The van der Waals surface area contributed by atoms with Gasteiger partial charge >= 0.3 is 0 Å². The maximum atomic E-state index is 2.90. The van der Waals surface area contributed by atoms with Crippen molar-refractivity contribution in [2.24, 2.45) is 0 Å². The van der Waals surface area contributed by atoms with Crippen LogP contribution >= 0.6 is 11.3 Å². The van der Waals surface area contributed by atoms with E-state index in [0.717, 1.165) is 0 Å². The van der Waals surface area contributed by atoms with Crippen LogP contribution in [0.25, 0.3) is 21.6 Å². The molecule has 1 heterocycles. The van der Waals surface area contributed by atoms with Gasteiger partial charge in [0.1, 0.15) is 0 Å². The van der Waals surface area contributed by atoms with Gasteiger partial charge in [-0.05, 0) is 38.9 Å². The molecule has 2 heteroatoms. The van der Waals surface area contributed by atoms with Crippen LogP contribution in [0.5, 0.6) is 0 Å². The van der Waals surface area contributed by atoms with Gasteiger partial charge in [-0.3, -0.25) is 0 Å². The molecule has 2 radical (unpaired) electrons. The fourth-order valence-corrected chi connectivity index (χ4v) is 6.40. The predicted molar refractivity (Wildman–Crippen MR) is 106 cm³/mol. The largest absolute Gasteiger partial charge is 0.194 e. The Hall–Kier alpha value is -2.11. The summed E-state index contributed by atoms with van der Waals surface area (Å²) in [5, 5.41) is 0. The summed E-state index contributed by atoms with van der Waals surface area (Å²) in [4.78, 5) is 1.42. The Morgan fingerprint density at radius 3 is 1.68 bits per heavy atom. The van der Waals surface area contributed by atoms with E-state index < -0.39 is 0 Å². The van der Waals surface area contributed by atoms with Crippen molar-refractivity contribution in [1.29, 1.82) is 0 Å². The Morgan fingerprint density at radius 1 is 0.600 bits per heavy atom. The van der Waals surface area contributed by atoms with E-state index in [0.29, 0.717) is 0 Å². The lowest BCUT2D eigenvalue weighted by Gasteiger charge is -2.29. The van der Waals surface area contributed by atoms with Crippen molar-refractivity contribution in [3.8, 4) is 21.6 Å². The summed E-state index contributed by atoms with van der Waals surface area (Å²) in [6.07, 6.45) is 0. The minimum absolute atomic E-state index is 0.162. The summed E-state index contributed by atoms with van der Waals surface area (Å²) in [6.45, 7) is 0. The van der Waals surface area contributed by atoms with Gasteiger partial charge in [-0.25, -0.2) is 0 Å². The lowest BCUT2D eigenvalue weighted by atomic mass is 9.71. The van der Waals surface area contributed by atoms with Crippen LogP contribution in [0, 0.1) is 0 Å². The van der Waals surface area contributed by atoms with Crippen LogP contribution in [0.4, 0.5) is 0 Å². The molecule has 3 aromatic carbocycles. The van der Waals surface area contributed by atoms with Gasteiger partial charge < -0.3 is 0 Å². The molecule has 0 unspecified atom stereocenters. The number of thiophene rings is 1. The van der Waals surface area contributed by atoms with Crippen molar-refractivity contribution >= 4 is 31.4 Å². The van der Waals surface area contributed by atoms with E-state index in [-0.39, 0.29) is 5.41 Å². The molecule has 0 aliphatic heterocycles. The van der Waals surface area contributed by atoms with Gasteiger partial charge in [0.2, 0.25) is 0 Å². The van der Waals surface area contributed by atoms with Crippen LogP contribution in [-0.4, -0.2) is 16.3 Å². The monoisotopic (exact) mass is 348 g/mol. The predicted octanol–water partition coefficient (Wildman–Crippen LogP) is 4.89. The first-order valence-corrected chi connectivity index (χ1v) is 9.90. The van der Waals surface area contributed by atoms with Gasteiger partial charge in [0, 0.05) is 4.88 Å². The number of hydrogen-bond donors (Lipinski definition) is 0. The van der Waals surface area contributed by atoms with E-state index >= 15 is 0 Å². The Kier molecular flexibility index (Phi) is 2.67. The van der Waals surface area contributed by atoms with Crippen molar-refractivity contribution in [1.82, 2.24) is 0 Å². The van der Waals surface area contributed by atoms with Crippen LogP contribution in [0.3, 0.4) is 0 Å². The number of fused-ring (bicyclic) bond motifs is 10. The molecule has 0 N–H and O–H groups in total. The van der Waals surface area contributed by atoms with Gasteiger partial charge in [-0.15, -0.1) is 0 Å². The Bertz CT molecular complexity index is 1120. The number of hydrogen-bond acceptors (Lipinski definition) is 1. The quantitative estimate of drug-likeness (QED) is 0.343. The molecule has 0 atom stereocenters. The highest BCUT2D eigenvalue weighted by Gasteiger charge is 2.51. The Labute approximate surface area is 159 Å². The minimum Gasteiger partial charge on any atom is -0.161 e. The molecule has 0 amide bonds. The van der Waals surface area contributed by atoms with Crippen LogP contribution in [0.1, 0.15) is 22.3 Å². The summed E-state index contributed by atoms with van der Waals surface area (Å²) in [5.41, 5.74) is 9.69. The zero-order valence-corrected chi connectivity index (χ0v) is 15.5. The van der Waals surface area contributed by atoms with Crippen molar-refractivity contribution in [2.75, 3.05) is 0 Å². The fourth-order valence-electron chi connectivity index (χ4n) is 4.86. The molecule has 0 bridgehead atoms. The second-order valence-electron chi connectivity index (χ2n) is 6.78. The van der Waals surface area contributed by atoms with E-state index in [9.17, 15) is 0 Å². The average molecular weight is 348 g/mol. The highest BCUT2D eigenvalue weighted by atomic mass is 32.1. The summed E-state index contributed by atoms with van der Waals surface area (Å²) in [5.74, 6) is 0. The lowest BCUT2D eigenvalue weighted by molar-refractivity contribution is 0.796. The molecular formula is C23H13AlS. The van der Waals surface area contributed by atoms with Gasteiger partial charge in [-0.1, -0.05) is 82.6 Å². The van der Waals surface area contributed by atoms with Gasteiger partial charge in [0.15, 0.2) is 16.3 Å². The van der Waals surface area contributed by atoms with Crippen molar-refractivity contribution in [3.05, 3.63) is 101 Å². The van der Waals surface area contributed by atoms with Gasteiger partial charge in [0.25, 0.3) is 0 Å². The third-order valence-corrected chi connectivity index (χ3v) is 7.20. The molecule has 2 aliphatic rings. The third-order valence-electron chi connectivity index (χ3n) is 5.68. The smallest absolute Gasteiger partial charge is 0.161 e. The SMILES string of the molecule is [Al][c]1cc2c(s1)-c1ccccc1C21c2ccccc2-c2ccccc21. The molecule has 2 aliphatic carbocycles. The van der Waals surface area contributed by atoms with E-state index in [1.54, 1.807) is 0 Å². The summed E-state index contributed by atoms with van der Waals surface area (Å²) >= 11 is 4.79. The highest BCUT2D eigenvalue weighted by Crippen LogP contribution is 2.63. The average Bonchev–Trinajstić information content (AvgIpc) is 3.26. The summed E-state index contributed by atoms with van der Waals surface area (Å²) < 4.78 is 1.31. The molecule has 0 nitrogen and oxygen atoms in total. The molecule has 4 aromatic rings. The van der Waals surface area contributed by atoms with Gasteiger partial charge in [-0.2, -0.15) is 11.3 Å². The van der Waals surface area contributed by atoms with E-state index in [2.05, 4.69) is 95.2 Å². The molecule has 0 fully saturated rings. The molecular weight excluding hydrogens is 335 g/mol. The normalized spacial score (nSPS) is 14.9. The second kappa shape index (κ2) is 4.74. The number of benzene rings is 3. The highest BCUT2D eigenvalue weighted by molar-refractivity contribution is 7.23. The first-order chi connectivity index (χ1) is 12.3. The van der Waals surface area contributed by atoms with Crippen molar-refractivity contribution in [3.63, 3.8) is 0 Å². The molecule has 114 valence electrons. The topological polar surface area (TPSA) is 0 Å². The maximum Gasteiger partial charge on any atom is 0.194 e. The number of rotatable bonds is 0. The van der Waals surface area contributed by atoms with E-state index in [4.69, 9.17) is 0 Å². The Balaban J connectivity index is 1.88. The molecule has 6 rings (SSSR count). The summed E-state index contributed by atoms with van der Waals surface area (Å²) in [7, 11) is 0. The van der Waals surface area contributed by atoms with Crippen molar-refractivity contribution < 1.29 is 0 Å². The lowest BCUT2D eigenvalue weighted by Crippen LogP contribution is -2.25. The van der Waals surface area contributed by atoms with Crippen LogP contribution < -0.4 is 3.74 Å². The maximum absolute atomic E-state index is 2.90. The first-order valence-electron chi connectivity index (χ1n) is 8.51. The first kappa shape index (κ1) is 14.1. The second-order valence-corrected chi connectivity index (χ2v) is 8.90. The zero-order chi connectivity index (χ0) is 16.6.